The van der Waals surface area contributed by atoms with Gasteiger partial charge in [-0.25, -0.2) is 0 Å². The van der Waals surface area contributed by atoms with Crippen molar-refractivity contribution in [3.8, 4) is 0 Å². The molecule has 0 aromatic rings. The van der Waals surface area contributed by atoms with E-state index in [9.17, 15) is 4.79 Å². The van der Waals surface area contributed by atoms with Crippen molar-refractivity contribution in [1.82, 2.24) is 10.6 Å². The van der Waals surface area contributed by atoms with E-state index >= 15 is 0 Å². The third-order valence-electron chi connectivity index (χ3n) is 3.45. The lowest BCUT2D eigenvalue weighted by Crippen LogP contribution is -2.49. The molecule has 1 heterocycles. The van der Waals surface area contributed by atoms with Crippen LogP contribution in [0.4, 0.5) is 0 Å². The van der Waals surface area contributed by atoms with Crippen molar-refractivity contribution in [3.63, 3.8) is 0 Å². The van der Waals surface area contributed by atoms with Crippen LogP contribution in [0.3, 0.4) is 0 Å². The van der Waals surface area contributed by atoms with E-state index in [-0.39, 0.29) is 29.9 Å². The summed E-state index contributed by atoms with van der Waals surface area (Å²) in [5.41, 5.74) is -0.0134. The first-order chi connectivity index (χ1) is 7.95. The van der Waals surface area contributed by atoms with Crippen LogP contribution in [-0.2, 0) is 4.79 Å². The van der Waals surface area contributed by atoms with E-state index in [4.69, 9.17) is 5.11 Å². The molecule has 0 bridgehead atoms. The van der Waals surface area contributed by atoms with Crippen LogP contribution < -0.4 is 10.6 Å². The highest BCUT2D eigenvalue weighted by atomic mass is 16.3. The van der Waals surface area contributed by atoms with Crippen molar-refractivity contribution in [2.24, 2.45) is 11.3 Å². The van der Waals surface area contributed by atoms with Gasteiger partial charge in [0.15, 0.2) is 0 Å². The topological polar surface area (TPSA) is 61.4 Å². The summed E-state index contributed by atoms with van der Waals surface area (Å²) in [6.07, 6.45) is 2.66. The van der Waals surface area contributed by atoms with E-state index in [0.29, 0.717) is 6.42 Å². The second-order valence-corrected chi connectivity index (χ2v) is 5.98. The molecule has 0 aromatic heterocycles. The molecule has 1 aliphatic rings. The van der Waals surface area contributed by atoms with Crippen LogP contribution >= 0.6 is 0 Å². The van der Waals surface area contributed by atoms with Gasteiger partial charge < -0.3 is 15.7 Å². The molecule has 4 nitrogen and oxygen atoms in total. The summed E-state index contributed by atoms with van der Waals surface area (Å²) in [6, 6.07) is 0.0435. The number of rotatable bonds is 4. The summed E-state index contributed by atoms with van der Waals surface area (Å²) >= 11 is 0. The number of amides is 1. The molecule has 1 amide bonds. The Bertz CT molecular complexity index is 242. The Balaban J connectivity index is 2.51. The van der Waals surface area contributed by atoms with Crippen LogP contribution in [0.25, 0.3) is 0 Å². The number of aliphatic hydroxyl groups is 1. The first-order valence-electron chi connectivity index (χ1n) is 6.57. The number of hydrogen-bond acceptors (Lipinski definition) is 3. The standard InChI is InChI=1S/C13H26N2O2/c1-13(2,3)11(6-8-16)15-12(17)10-5-4-7-14-9-10/h10-11,14,16H,4-9H2,1-3H3,(H,15,17)/t10-,11?/m1/s1. The molecule has 1 aliphatic heterocycles. The zero-order valence-electron chi connectivity index (χ0n) is 11.3. The Morgan fingerprint density at radius 1 is 1.53 bits per heavy atom. The Labute approximate surface area is 104 Å². The summed E-state index contributed by atoms with van der Waals surface area (Å²) in [4.78, 5) is 12.1. The van der Waals surface area contributed by atoms with Crippen LogP contribution in [0.1, 0.15) is 40.0 Å². The van der Waals surface area contributed by atoms with Crippen molar-refractivity contribution in [2.75, 3.05) is 19.7 Å². The average molecular weight is 242 g/mol. The lowest BCUT2D eigenvalue weighted by molar-refractivity contribution is -0.127. The number of piperidine rings is 1. The molecular formula is C13H26N2O2. The van der Waals surface area contributed by atoms with Gasteiger partial charge in [0.1, 0.15) is 0 Å². The van der Waals surface area contributed by atoms with Crippen molar-refractivity contribution in [3.05, 3.63) is 0 Å². The Hall–Kier alpha value is -0.610. The van der Waals surface area contributed by atoms with Crippen LogP contribution in [0.15, 0.2) is 0 Å². The molecule has 1 saturated heterocycles. The fourth-order valence-electron chi connectivity index (χ4n) is 2.22. The number of carbonyl (C=O) groups excluding carboxylic acids is 1. The lowest BCUT2D eigenvalue weighted by Gasteiger charge is -2.33. The van der Waals surface area contributed by atoms with E-state index in [1.807, 2.05) is 0 Å². The third-order valence-corrected chi connectivity index (χ3v) is 3.45. The normalized spacial score (nSPS) is 23.2. The van der Waals surface area contributed by atoms with Crippen LogP contribution in [0.2, 0.25) is 0 Å². The van der Waals surface area contributed by atoms with Crippen LogP contribution in [-0.4, -0.2) is 36.8 Å². The molecule has 2 atom stereocenters. The second kappa shape index (κ2) is 6.36. The van der Waals surface area contributed by atoms with E-state index in [1.165, 1.54) is 0 Å². The monoisotopic (exact) mass is 242 g/mol. The number of hydrogen-bond donors (Lipinski definition) is 3. The van der Waals surface area contributed by atoms with Gasteiger partial charge >= 0.3 is 0 Å². The number of aliphatic hydroxyl groups excluding tert-OH is 1. The van der Waals surface area contributed by atoms with Gasteiger partial charge in [0, 0.05) is 19.2 Å². The molecule has 3 N–H and O–H groups in total. The number of carbonyl (C=O) groups is 1. The maximum atomic E-state index is 12.1. The van der Waals surface area contributed by atoms with Gasteiger partial charge in [-0.05, 0) is 31.2 Å². The van der Waals surface area contributed by atoms with Crippen molar-refractivity contribution in [1.29, 1.82) is 0 Å². The smallest absolute Gasteiger partial charge is 0.224 e. The van der Waals surface area contributed by atoms with Crippen molar-refractivity contribution >= 4 is 5.91 Å². The maximum absolute atomic E-state index is 12.1. The predicted octanol–water partition coefficient (Wildman–Crippen LogP) is 0.899. The Morgan fingerprint density at radius 3 is 2.71 bits per heavy atom. The minimum absolute atomic E-state index is 0.0134. The Morgan fingerprint density at radius 2 is 2.24 bits per heavy atom. The fourth-order valence-corrected chi connectivity index (χ4v) is 2.22. The molecule has 0 saturated carbocycles. The summed E-state index contributed by atoms with van der Waals surface area (Å²) < 4.78 is 0. The summed E-state index contributed by atoms with van der Waals surface area (Å²) in [5, 5.41) is 15.4. The third kappa shape index (κ3) is 4.64. The van der Waals surface area contributed by atoms with Gasteiger partial charge in [-0.1, -0.05) is 20.8 Å². The van der Waals surface area contributed by atoms with Gasteiger partial charge in [0.2, 0.25) is 5.91 Å². The second-order valence-electron chi connectivity index (χ2n) is 5.98. The largest absolute Gasteiger partial charge is 0.396 e. The molecule has 0 aliphatic carbocycles. The molecule has 100 valence electrons. The van der Waals surface area contributed by atoms with E-state index in [1.54, 1.807) is 0 Å². The summed E-state index contributed by atoms with van der Waals surface area (Å²) in [7, 11) is 0. The minimum Gasteiger partial charge on any atom is -0.396 e. The van der Waals surface area contributed by atoms with Gasteiger partial charge in [-0.15, -0.1) is 0 Å². The molecule has 0 aromatic carbocycles. The van der Waals surface area contributed by atoms with Gasteiger partial charge in [0.25, 0.3) is 0 Å². The first kappa shape index (κ1) is 14.5. The first-order valence-corrected chi connectivity index (χ1v) is 6.57. The van der Waals surface area contributed by atoms with Gasteiger partial charge in [0.05, 0.1) is 5.92 Å². The molecule has 0 spiro atoms. The van der Waals surface area contributed by atoms with E-state index < -0.39 is 0 Å². The summed E-state index contributed by atoms with van der Waals surface area (Å²) in [5.74, 6) is 0.220. The molecular weight excluding hydrogens is 216 g/mol. The van der Waals surface area contributed by atoms with E-state index in [2.05, 4.69) is 31.4 Å². The maximum Gasteiger partial charge on any atom is 0.224 e. The lowest BCUT2D eigenvalue weighted by atomic mass is 9.84. The number of nitrogens with one attached hydrogen (secondary N) is 2. The molecule has 0 radical (unpaired) electrons. The average Bonchev–Trinajstić information content (AvgIpc) is 2.28. The van der Waals surface area contributed by atoms with Gasteiger partial charge in [-0.2, -0.15) is 0 Å². The van der Waals surface area contributed by atoms with Crippen LogP contribution in [0.5, 0.6) is 0 Å². The van der Waals surface area contributed by atoms with Gasteiger partial charge in [-0.3, -0.25) is 4.79 Å². The highest BCUT2D eigenvalue weighted by Crippen LogP contribution is 2.22. The molecule has 4 heteroatoms. The van der Waals surface area contributed by atoms with E-state index in [0.717, 1.165) is 25.9 Å². The highest BCUT2D eigenvalue weighted by molar-refractivity contribution is 5.79. The molecule has 1 rings (SSSR count). The quantitative estimate of drug-likeness (QED) is 0.686. The predicted molar refractivity (Wildman–Crippen MR) is 68.7 cm³/mol. The fraction of sp³-hybridized carbons (Fsp3) is 0.923. The van der Waals surface area contributed by atoms with Crippen molar-refractivity contribution < 1.29 is 9.90 Å². The molecule has 1 unspecified atom stereocenters. The molecule has 17 heavy (non-hydrogen) atoms. The Kier molecular flexibility index (Phi) is 5.40. The van der Waals surface area contributed by atoms with Crippen molar-refractivity contribution in [2.45, 2.75) is 46.1 Å². The zero-order chi connectivity index (χ0) is 12.9. The highest BCUT2D eigenvalue weighted by Gasteiger charge is 2.29. The molecule has 1 fully saturated rings. The minimum atomic E-state index is -0.0134. The zero-order valence-corrected chi connectivity index (χ0v) is 11.3. The summed E-state index contributed by atoms with van der Waals surface area (Å²) in [6.45, 7) is 8.18. The SMILES string of the molecule is CC(C)(C)C(CCO)NC(=O)[C@@H]1CCCNC1. The van der Waals surface area contributed by atoms with Crippen LogP contribution in [0, 0.1) is 11.3 Å².